The molecule has 4 heterocycles. The molecule has 0 saturated carbocycles. The Labute approximate surface area is 249 Å². The summed E-state index contributed by atoms with van der Waals surface area (Å²) in [6, 6.07) is 8.15. The molecule has 218 valence electrons. The second-order valence-corrected chi connectivity index (χ2v) is 11.6. The number of tetrazole rings is 1. The van der Waals surface area contributed by atoms with Crippen molar-refractivity contribution in [3.05, 3.63) is 58.2 Å². The number of nitrogen functional groups attached to an aromatic ring is 1. The molecule has 1 fully saturated rings. The first-order chi connectivity index (χ1) is 20.2. The van der Waals surface area contributed by atoms with E-state index in [1.54, 1.807) is 0 Å². The third-order valence-corrected chi connectivity index (χ3v) is 8.96. The van der Waals surface area contributed by atoms with Crippen molar-refractivity contribution < 1.29 is 34.2 Å². The zero-order chi connectivity index (χ0) is 29.8. The van der Waals surface area contributed by atoms with E-state index in [9.17, 15) is 24.3 Å². The number of aliphatic carboxylic acids is 2. The second-order valence-electron chi connectivity index (χ2n) is 8.69. The Morgan fingerprint density at radius 3 is 2.71 bits per heavy atom. The first-order valence-corrected chi connectivity index (χ1v) is 14.9. The fraction of sp³-hybridized carbons (Fsp3) is 0.261. The number of nitrogens with one attached hydrogen (secondary N) is 1. The number of hydrogen-bond acceptors (Lipinski definition) is 14. The Balaban J connectivity index is 1.29. The third-order valence-electron chi connectivity index (χ3n) is 5.91. The summed E-state index contributed by atoms with van der Waals surface area (Å²) >= 11 is 3.42. The monoisotopic (exact) mass is 631 g/mol. The lowest BCUT2D eigenvalue weighted by Crippen LogP contribution is -2.71. The van der Waals surface area contributed by atoms with Crippen LogP contribution in [0.15, 0.2) is 57.3 Å². The van der Waals surface area contributed by atoms with Gasteiger partial charge in [-0.05, 0) is 21.6 Å². The van der Waals surface area contributed by atoms with Gasteiger partial charge < -0.3 is 26.1 Å². The largest absolute Gasteiger partial charge is 0.480 e. The highest BCUT2D eigenvalue weighted by atomic mass is 32.2. The molecule has 2 aliphatic heterocycles. The summed E-state index contributed by atoms with van der Waals surface area (Å²) < 4.78 is 1.08. The minimum absolute atomic E-state index is 0.0854. The number of carboxylic acids is 2. The number of carboxylic acid groups (broad SMARTS) is 2. The predicted molar refractivity (Wildman–Crippen MR) is 150 cm³/mol. The number of nitrogens with zero attached hydrogens (tertiary/aromatic N) is 7. The number of rotatable bonds is 12. The fourth-order valence-electron chi connectivity index (χ4n) is 4.03. The Kier molecular flexibility index (Phi) is 8.69. The van der Waals surface area contributed by atoms with Gasteiger partial charge in [0.25, 0.3) is 11.8 Å². The SMILES string of the molecule is Nc1nc(/C(=N\OCc2ccccc2)C(=O)NC2C(=O)N3C(C(=O)O)=C(CSc4nnnn4CC(=O)O)CS[C@H]23)cs1. The minimum atomic E-state index is -1.31. The molecule has 5 rings (SSSR count). The van der Waals surface area contributed by atoms with Gasteiger partial charge in [-0.15, -0.1) is 28.2 Å². The van der Waals surface area contributed by atoms with Crippen LogP contribution in [0.3, 0.4) is 0 Å². The number of thiazole rings is 1. The van der Waals surface area contributed by atoms with E-state index in [0.717, 1.165) is 38.2 Å². The molecule has 5 N–H and O–H groups in total. The summed E-state index contributed by atoms with van der Waals surface area (Å²) in [5, 5.41) is 37.7. The molecule has 19 heteroatoms. The van der Waals surface area contributed by atoms with Gasteiger partial charge in [0.2, 0.25) is 5.16 Å². The summed E-state index contributed by atoms with van der Waals surface area (Å²) in [6.07, 6.45) is 0. The number of carbonyl (C=O) groups excluding carboxylic acids is 2. The number of benzene rings is 1. The zero-order valence-corrected chi connectivity index (χ0v) is 23.8. The highest BCUT2D eigenvalue weighted by molar-refractivity contribution is 8.01. The Bertz CT molecular complexity index is 1590. The van der Waals surface area contributed by atoms with Crippen LogP contribution in [0.5, 0.6) is 0 Å². The third kappa shape index (κ3) is 6.21. The molecule has 2 atom stereocenters. The lowest BCUT2D eigenvalue weighted by atomic mass is 10.0. The zero-order valence-electron chi connectivity index (χ0n) is 21.3. The molecule has 2 aromatic heterocycles. The summed E-state index contributed by atoms with van der Waals surface area (Å²) in [4.78, 5) is 60.3. The number of β-lactam (4-membered cyclic amide) rings is 1. The van der Waals surface area contributed by atoms with Gasteiger partial charge in [-0.25, -0.2) is 14.5 Å². The predicted octanol–water partition coefficient (Wildman–Crippen LogP) is 0.248. The van der Waals surface area contributed by atoms with E-state index < -0.39 is 41.7 Å². The van der Waals surface area contributed by atoms with Crippen LogP contribution in [-0.2, 0) is 37.2 Å². The Hall–Kier alpha value is -4.49. The summed E-state index contributed by atoms with van der Waals surface area (Å²) in [7, 11) is 0. The van der Waals surface area contributed by atoms with E-state index in [-0.39, 0.29) is 45.5 Å². The highest BCUT2D eigenvalue weighted by Gasteiger charge is 2.54. The highest BCUT2D eigenvalue weighted by Crippen LogP contribution is 2.41. The van der Waals surface area contributed by atoms with Crippen molar-refractivity contribution in [3.8, 4) is 0 Å². The van der Waals surface area contributed by atoms with E-state index >= 15 is 0 Å². The molecular weight excluding hydrogens is 611 g/mol. The normalized spacial score (nSPS) is 18.3. The first kappa shape index (κ1) is 29.0. The molecule has 16 nitrogen and oxygen atoms in total. The summed E-state index contributed by atoms with van der Waals surface area (Å²) in [5.41, 5.74) is 6.76. The molecule has 1 saturated heterocycles. The van der Waals surface area contributed by atoms with E-state index in [1.165, 1.54) is 17.1 Å². The van der Waals surface area contributed by atoms with Crippen molar-refractivity contribution in [2.24, 2.45) is 5.16 Å². The molecule has 0 bridgehead atoms. The van der Waals surface area contributed by atoms with Gasteiger partial charge >= 0.3 is 11.9 Å². The number of aromatic nitrogens is 5. The van der Waals surface area contributed by atoms with Crippen molar-refractivity contribution in [2.45, 2.75) is 29.7 Å². The second kappa shape index (κ2) is 12.6. The summed E-state index contributed by atoms with van der Waals surface area (Å²) in [5.74, 6) is -3.46. The first-order valence-electron chi connectivity index (χ1n) is 12.0. The smallest absolute Gasteiger partial charge is 0.352 e. The van der Waals surface area contributed by atoms with Crippen LogP contribution in [0.1, 0.15) is 11.3 Å². The van der Waals surface area contributed by atoms with Crippen LogP contribution in [0, 0.1) is 0 Å². The molecule has 0 spiro atoms. The summed E-state index contributed by atoms with van der Waals surface area (Å²) in [6.45, 7) is -0.374. The van der Waals surface area contributed by atoms with E-state index in [2.05, 4.69) is 31.0 Å². The lowest BCUT2D eigenvalue weighted by Gasteiger charge is -2.49. The Morgan fingerprint density at radius 1 is 1.24 bits per heavy atom. The maximum absolute atomic E-state index is 13.3. The molecule has 2 aliphatic rings. The molecule has 3 aromatic rings. The average molecular weight is 632 g/mol. The molecule has 2 amide bonds. The molecule has 1 aromatic carbocycles. The number of anilines is 1. The van der Waals surface area contributed by atoms with Crippen molar-refractivity contribution in [1.29, 1.82) is 0 Å². The van der Waals surface area contributed by atoms with E-state index in [0.29, 0.717) is 5.57 Å². The maximum Gasteiger partial charge on any atom is 0.352 e. The number of nitrogens with two attached hydrogens (primary N) is 1. The average Bonchev–Trinajstić information content (AvgIpc) is 3.60. The standard InChI is InChI=1S/C23H21N9O7S3/c24-22-25-13(10-41-22)15(28-39-7-11-4-2-1-3-5-11)18(35)26-16-19(36)32-17(21(37)38)12(8-40-20(16)32)9-42-23-27-29-30-31(23)6-14(33)34/h1-5,10,16,20H,6-9H2,(H2,24,25)(H,26,35)(H,33,34)(H,37,38)/b28-15+/t16?,20-/m1/s1. The maximum atomic E-state index is 13.3. The molecule has 0 aliphatic carbocycles. The van der Waals surface area contributed by atoms with Crippen molar-refractivity contribution in [3.63, 3.8) is 0 Å². The van der Waals surface area contributed by atoms with Crippen LogP contribution >= 0.6 is 34.9 Å². The van der Waals surface area contributed by atoms with Crippen LogP contribution in [0.25, 0.3) is 0 Å². The topological polar surface area (TPSA) is 228 Å². The van der Waals surface area contributed by atoms with Crippen LogP contribution in [0.4, 0.5) is 5.13 Å². The quantitative estimate of drug-likeness (QED) is 0.0909. The molecule has 42 heavy (non-hydrogen) atoms. The van der Waals surface area contributed by atoms with Gasteiger partial charge in [0.05, 0.1) is 0 Å². The van der Waals surface area contributed by atoms with Gasteiger partial charge in [-0.3, -0.25) is 19.3 Å². The number of amides is 2. The fourth-order valence-corrected chi connectivity index (χ4v) is 6.94. The number of fused-ring (bicyclic) bond motifs is 1. The van der Waals surface area contributed by atoms with Gasteiger partial charge in [0.1, 0.15) is 36.0 Å². The van der Waals surface area contributed by atoms with Crippen LogP contribution in [0.2, 0.25) is 0 Å². The minimum Gasteiger partial charge on any atom is -0.480 e. The molecule has 1 unspecified atom stereocenters. The lowest BCUT2D eigenvalue weighted by molar-refractivity contribution is -0.150. The van der Waals surface area contributed by atoms with E-state index in [4.69, 9.17) is 15.7 Å². The number of carbonyl (C=O) groups is 4. The van der Waals surface area contributed by atoms with Gasteiger partial charge in [0.15, 0.2) is 10.8 Å². The van der Waals surface area contributed by atoms with Crippen LogP contribution < -0.4 is 11.1 Å². The van der Waals surface area contributed by atoms with Gasteiger partial charge in [-0.1, -0.05) is 47.2 Å². The number of oxime groups is 1. The molecule has 0 radical (unpaired) electrons. The van der Waals surface area contributed by atoms with Crippen molar-refractivity contribution in [2.75, 3.05) is 17.2 Å². The Morgan fingerprint density at radius 2 is 2.02 bits per heavy atom. The number of hydrogen-bond donors (Lipinski definition) is 4. The van der Waals surface area contributed by atoms with Crippen molar-refractivity contribution in [1.82, 2.24) is 35.4 Å². The van der Waals surface area contributed by atoms with Crippen LogP contribution in [-0.4, -0.2) is 92.7 Å². The van der Waals surface area contributed by atoms with Gasteiger partial charge in [-0.2, -0.15) is 0 Å². The number of thioether (sulfide) groups is 2. The van der Waals surface area contributed by atoms with Gasteiger partial charge in [0, 0.05) is 16.9 Å². The molecular formula is C23H21N9O7S3. The van der Waals surface area contributed by atoms with E-state index in [1.807, 2.05) is 30.3 Å². The van der Waals surface area contributed by atoms with Crippen molar-refractivity contribution >= 4 is 69.5 Å².